The van der Waals surface area contributed by atoms with E-state index in [2.05, 4.69) is 29.6 Å². The Labute approximate surface area is 120 Å². The number of hydrogen-bond donors (Lipinski definition) is 2. The number of anilines is 1. The lowest BCUT2D eigenvalue weighted by molar-refractivity contribution is 0.341. The average molecular weight is 270 g/mol. The van der Waals surface area contributed by atoms with Gasteiger partial charge in [0.1, 0.15) is 5.75 Å². The van der Waals surface area contributed by atoms with Crippen LogP contribution < -0.4 is 15.8 Å². The lowest BCUT2D eigenvalue weighted by atomic mass is 10.0. The summed E-state index contributed by atoms with van der Waals surface area (Å²) in [5.74, 6) is 0.882. The van der Waals surface area contributed by atoms with E-state index in [4.69, 9.17) is 10.5 Å². The highest BCUT2D eigenvalue weighted by atomic mass is 16.5. The van der Waals surface area contributed by atoms with Gasteiger partial charge in [-0.2, -0.15) is 0 Å². The Morgan fingerprint density at radius 1 is 1.05 bits per heavy atom. The van der Waals surface area contributed by atoms with Crippen LogP contribution in [0.25, 0.3) is 0 Å². The molecule has 0 bridgehead atoms. The third kappa shape index (κ3) is 3.75. The van der Waals surface area contributed by atoms with Gasteiger partial charge in [-0.25, -0.2) is 0 Å². The number of nitrogens with two attached hydrogens (primary N) is 1. The molecule has 1 atom stereocenters. The maximum Gasteiger partial charge on any atom is 0.142 e. The van der Waals surface area contributed by atoms with Gasteiger partial charge in [-0.1, -0.05) is 42.5 Å². The Hall–Kier alpha value is -2.00. The summed E-state index contributed by atoms with van der Waals surface area (Å²) in [7, 11) is 0. The maximum absolute atomic E-state index is 5.75. The van der Waals surface area contributed by atoms with Crippen molar-refractivity contribution in [3.8, 4) is 5.75 Å². The zero-order valence-electron chi connectivity index (χ0n) is 11.9. The van der Waals surface area contributed by atoms with E-state index in [0.29, 0.717) is 13.2 Å². The van der Waals surface area contributed by atoms with Crippen LogP contribution in [0.5, 0.6) is 5.75 Å². The van der Waals surface area contributed by atoms with Gasteiger partial charge in [-0.05, 0) is 37.6 Å². The minimum absolute atomic E-state index is 0.197. The van der Waals surface area contributed by atoms with Crippen molar-refractivity contribution in [3.63, 3.8) is 0 Å². The lowest BCUT2D eigenvalue weighted by Gasteiger charge is -2.21. The zero-order chi connectivity index (χ0) is 14.2. The quantitative estimate of drug-likeness (QED) is 0.808. The summed E-state index contributed by atoms with van der Waals surface area (Å²) in [6, 6.07) is 18.6. The summed E-state index contributed by atoms with van der Waals surface area (Å²) in [4.78, 5) is 0. The molecule has 20 heavy (non-hydrogen) atoms. The molecule has 3 heteroatoms. The van der Waals surface area contributed by atoms with Gasteiger partial charge in [0, 0.05) is 0 Å². The van der Waals surface area contributed by atoms with Crippen molar-refractivity contribution >= 4 is 5.69 Å². The predicted octanol–water partition coefficient (Wildman–Crippen LogP) is 3.59. The molecule has 2 aromatic carbocycles. The second-order valence-electron chi connectivity index (χ2n) is 4.61. The minimum atomic E-state index is 0.197. The van der Waals surface area contributed by atoms with Crippen molar-refractivity contribution in [1.82, 2.24) is 0 Å². The van der Waals surface area contributed by atoms with E-state index in [-0.39, 0.29) is 6.04 Å². The summed E-state index contributed by atoms with van der Waals surface area (Å²) in [5, 5.41) is 3.54. The molecule has 0 heterocycles. The van der Waals surface area contributed by atoms with Crippen LogP contribution in [0.2, 0.25) is 0 Å². The number of rotatable bonds is 7. The topological polar surface area (TPSA) is 47.3 Å². The number of ether oxygens (including phenoxy) is 1. The van der Waals surface area contributed by atoms with E-state index >= 15 is 0 Å². The van der Waals surface area contributed by atoms with Gasteiger partial charge >= 0.3 is 0 Å². The first-order valence-corrected chi connectivity index (χ1v) is 7.08. The molecule has 1 unspecified atom stereocenters. The molecule has 2 aromatic rings. The summed E-state index contributed by atoms with van der Waals surface area (Å²) in [5.41, 5.74) is 8.00. The van der Waals surface area contributed by atoms with Crippen molar-refractivity contribution in [3.05, 3.63) is 60.2 Å². The number of nitrogens with one attached hydrogen (secondary N) is 1. The van der Waals surface area contributed by atoms with E-state index in [1.54, 1.807) is 0 Å². The normalized spacial score (nSPS) is 11.9. The fourth-order valence-electron chi connectivity index (χ4n) is 2.23. The molecular weight excluding hydrogens is 248 g/mol. The van der Waals surface area contributed by atoms with Gasteiger partial charge in [0.15, 0.2) is 0 Å². The molecule has 0 spiro atoms. The molecule has 106 valence electrons. The summed E-state index contributed by atoms with van der Waals surface area (Å²) < 4.78 is 5.66. The third-order valence-corrected chi connectivity index (χ3v) is 3.17. The van der Waals surface area contributed by atoms with Gasteiger partial charge in [0.05, 0.1) is 18.3 Å². The van der Waals surface area contributed by atoms with E-state index < -0.39 is 0 Å². The standard InChI is InChI=1S/C17H22N2O/c1-2-20-17-11-7-6-10-16(17)19-15(12-13-18)14-8-4-3-5-9-14/h3-11,15,19H,2,12-13,18H2,1H3. The van der Waals surface area contributed by atoms with Crippen LogP contribution in [0, 0.1) is 0 Å². The van der Waals surface area contributed by atoms with Crippen molar-refractivity contribution < 1.29 is 4.74 Å². The molecule has 0 aliphatic rings. The number of hydrogen-bond acceptors (Lipinski definition) is 3. The van der Waals surface area contributed by atoms with Crippen LogP contribution in [-0.4, -0.2) is 13.2 Å². The van der Waals surface area contributed by atoms with Crippen molar-refractivity contribution in [2.75, 3.05) is 18.5 Å². The third-order valence-electron chi connectivity index (χ3n) is 3.17. The molecule has 0 radical (unpaired) electrons. The molecule has 0 saturated carbocycles. The van der Waals surface area contributed by atoms with Crippen LogP contribution in [0.15, 0.2) is 54.6 Å². The predicted molar refractivity (Wildman–Crippen MR) is 84.1 cm³/mol. The molecule has 0 amide bonds. The zero-order valence-corrected chi connectivity index (χ0v) is 11.9. The molecule has 0 saturated heterocycles. The highest BCUT2D eigenvalue weighted by Crippen LogP contribution is 2.29. The van der Waals surface area contributed by atoms with E-state index in [1.807, 2.05) is 37.3 Å². The number of benzene rings is 2. The molecule has 0 aliphatic carbocycles. The monoisotopic (exact) mass is 270 g/mol. The van der Waals surface area contributed by atoms with Crippen molar-refractivity contribution in [2.24, 2.45) is 5.73 Å². The highest BCUT2D eigenvalue weighted by molar-refractivity contribution is 5.57. The summed E-state index contributed by atoms with van der Waals surface area (Å²) >= 11 is 0. The van der Waals surface area contributed by atoms with Gasteiger partial charge in [-0.3, -0.25) is 0 Å². The van der Waals surface area contributed by atoms with Crippen LogP contribution >= 0.6 is 0 Å². The summed E-state index contributed by atoms with van der Waals surface area (Å²) in [6.07, 6.45) is 0.879. The fraction of sp³-hybridized carbons (Fsp3) is 0.294. The maximum atomic E-state index is 5.75. The van der Waals surface area contributed by atoms with Crippen LogP contribution in [-0.2, 0) is 0 Å². The van der Waals surface area contributed by atoms with E-state index in [1.165, 1.54) is 5.56 Å². The van der Waals surface area contributed by atoms with Crippen molar-refractivity contribution in [1.29, 1.82) is 0 Å². The number of para-hydroxylation sites is 2. The Balaban J connectivity index is 2.20. The van der Waals surface area contributed by atoms with Gasteiger partial charge in [0.2, 0.25) is 0 Å². The molecule has 0 aromatic heterocycles. The lowest BCUT2D eigenvalue weighted by Crippen LogP contribution is -2.16. The summed E-state index contributed by atoms with van der Waals surface area (Å²) in [6.45, 7) is 3.29. The van der Waals surface area contributed by atoms with Crippen LogP contribution in [0.3, 0.4) is 0 Å². The average Bonchev–Trinajstić information content (AvgIpc) is 2.50. The first-order valence-electron chi connectivity index (χ1n) is 7.08. The molecular formula is C17H22N2O. The largest absolute Gasteiger partial charge is 0.492 e. The Kier molecular flexibility index (Phi) is 5.44. The Bertz CT molecular complexity index is 513. The van der Waals surface area contributed by atoms with Gasteiger partial charge in [0.25, 0.3) is 0 Å². The highest BCUT2D eigenvalue weighted by Gasteiger charge is 2.12. The Morgan fingerprint density at radius 3 is 2.45 bits per heavy atom. The fourth-order valence-corrected chi connectivity index (χ4v) is 2.23. The first-order chi connectivity index (χ1) is 9.85. The van der Waals surface area contributed by atoms with Crippen LogP contribution in [0.4, 0.5) is 5.69 Å². The van der Waals surface area contributed by atoms with Crippen molar-refractivity contribution in [2.45, 2.75) is 19.4 Å². The van der Waals surface area contributed by atoms with E-state index in [9.17, 15) is 0 Å². The SMILES string of the molecule is CCOc1ccccc1NC(CCN)c1ccccc1. The second kappa shape index (κ2) is 7.56. The molecule has 0 aliphatic heterocycles. The van der Waals surface area contributed by atoms with Gasteiger partial charge < -0.3 is 15.8 Å². The first kappa shape index (κ1) is 14.4. The minimum Gasteiger partial charge on any atom is -0.492 e. The molecule has 3 N–H and O–H groups in total. The Morgan fingerprint density at radius 2 is 1.75 bits per heavy atom. The second-order valence-corrected chi connectivity index (χ2v) is 4.61. The smallest absolute Gasteiger partial charge is 0.142 e. The van der Waals surface area contributed by atoms with Crippen LogP contribution in [0.1, 0.15) is 24.9 Å². The van der Waals surface area contributed by atoms with E-state index in [0.717, 1.165) is 17.9 Å². The van der Waals surface area contributed by atoms with Gasteiger partial charge in [-0.15, -0.1) is 0 Å². The molecule has 3 nitrogen and oxygen atoms in total. The molecule has 0 fully saturated rings. The molecule has 2 rings (SSSR count).